The zero-order chi connectivity index (χ0) is 12.1. The number of carbonyl (C=O) groups excluding carboxylic acids is 1. The van der Waals surface area contributed by atoms with Gasteiger partial charge in [0.15, 0.2) is 0 Å². The van der Waals surface area contributed by atoms with E-state index in [-0.39, 0.29) is 57.5 Å². The third-order valence-corrected chi connectivity index (χ3v) is 1.21. The summed E-state index contributed by atoms with van der Waals surface area (Å²) >= 11 is 0. The van der Waals surface area contributed by atoms with E-state index >= 15 is 0 Å². The van der Waals surface area contributed by atoms with Crippen molar-refractivity contribution >= 4 is 5.97 Å². The Morgan fingerprint density at radius 2 is 1.94 bits per heavy atom. The van der Waals surface area contributed by atoms with E-state index in [9.17, 15) is 23.1 Å². The summed E-state index contributed by atoms with van der Waals surface area (Å²) in [6, 6.07) is 1.30. The fraction of sp³-hybridized carbons (Fsp3) is 0.250. The summed E-state index contributed by atoms with van der Waals surface area (Å²) in [5.74, 6) is -3.26. The molecule has 0 saturated heterocycles. The maximum atomic E-state index is 11.7. The average molecular weight is 259 g/mol. The summed E-state index contributed by atoms with van der Waals surface area (Å²) in [7, 11) is 0.957. The first-order valence-corrected chi connectivity index (χ1v) is 3.47. The SMILES string of the molecule is COC(=O)C(C#N)=CC=C([O-])C(F)(F)F.[K+]. The van der Waals surface area contributed by atoms with Crippen molar-refractivity contribution in [1.82, 2.24) is 0 Å². The molecular weight excluding hydrogens is 254 g/mol. The van der Waals surface area contributed by atoms with Gasteiger partial charge in [-0.3, -0.25) is 0 Å². The van der Waals surface area contributed by atoms with Gasteiger partial charge < -0.3 is 9.84 Å². The van der Waals surface area contributed by atoms with Crippen LogP contribution in [-0.4, -0.2) is 19.3 Å². The van der Waals surface area contributed by atoms with Gasteiger partial charge in [-0.2, -0.15) is 18.4 Å². The smallest absolute Gasteiger partial charge is 0.869 e. The van der Waals surface area contributed by atoms with Crippen LogP contribution in [0.4, 0.5) is 13.2 Å². The zero-order valence-corrected chi connectivity index (χ0v) is 11.6. The molecule has 0 aliphatic heterocycles. The quantitative estimate of drug-likeness (QED) is 0.136. The van der Waals surface area contributed by atoms with Gasteiger partial charge in [-0.15, -0.1) is 0 Å². The number of rotatable bonds is 2. The number of hydrogen-bond donors (Lipinski definition) is 0. The molecule has 0 aliphatic rings. The van der Waals surface area contributed by atoms with E-state index in [1.54, 1.807) is 0 Å². The molecule has 0 N–H and O–H groups in total. The van der Waals surface area contributed by atoms with Crippen LogP contribution in [0.25, 0.3) is 0 Å². The first kappa shape index (κ1) is 18.0. The van der Waals surface area contributed by atoms with Gasteiger partial charge >= 0.3 is 63.5 Å². The molecule has 0 rings (SSSR count). The van der Waals surface area contributed by atoms with Gasteiger partial charge in [-0.05, 0) is 11.8 Å². The summed E-state index contributed by atoms with van der Waals surface area (Å²) < 4.78 is 39.1. The van der Waals surface area contributed by atoms with E-state index in [0.29, 0.717) is 6.08 Å². The third-order valence-electron chi connectivity index (χ3n) is 1.21. The molecule has 8 heteroatoms. The molecule has 0 atom stereocenters. The van der Waals surface area contributed by atoms with E-state index in [1.807, 2.05) is 0 Å². The molecule has 0 unspecified atom stereocenters. The molecular formula is C8H5F3KNO3. The molecule has 0 aromatic carbocycles. The Hall–Kier alpha value is -0.334. The topological polar surface area (TPSA) is 73.2 Å². The Labute approximate surface area is 132 Å². The van der Waals surface area contributed by atoms with E-state index in [1.165, 1.54) is 6.07 Å². The zero-order valence-electron chi connectivity index (χ0n) is 8.46. The van der Waals surface area contributed by atoms with Gasteiger partial charge in [-0.1, -0.05) is 6.08 Å². The van der Waals surface area contributed by atoms with Gasteiger partial charge in [0.05, 0.1) is 7.11 Å². The number of ether oxygens (including phenoxy) is 1. The van der Waals surface area contributed by atoms with Crippen LogP contribution in [0.3, 0.4) is 0 Å². The summed E-state index contributed by atoms with van der Waals surface area (Å²) in [6.45, 7) is 0. The minimum atomic E-state index is -5.02. The normalized spacial score (nSPS) is 12.4. The molecule has 4 nitrogen and oxygen atoms in total. The third kappa shape index (κ3) is 6.29. The van der Waals surface area contributed by atoms with Crippen LogP contribution in [0, 0.1) is 11.3 Å². The van der Waals surface area contributed by atoms with Crippen LogP contribution in [0.5, 0.6) is 0 Å². The van der Waals surface area contributed by atoms with Gasteiger partial charge in [0.25, 0.3) is 0 Å². The summed E-state index contributed by atoms with van der Waals surface area (Å²) in [4.78, 5) is 10.7. The molecule has 0 amide bonds. The van der Waals surface area contributed by atoms with Crippen molar-refractivity contribution in [2.75, 3.05) is 7.11 Å². The number of hydrogen-bond acceptors (Lipinski definition) is 4. The van der Waals surface area contributed by atoms with Crippen LogP contribution in [-0.2, 0) is 9.53 Å². The minimum absolute atomic E-state index is 0. The molecule has 0 aromatic heterocycles. The first-order valence-electron chi connectivity index (χ1n) is 3.47. The second-order valence-electron chi connectivity index (χ2n) is 2.21. The van der Waals surface area contributed by atoms with E-state index < -0.39 is 23.5 Å². The first-order chi connectivity index (χ1) is 6.82. The van der Waals surface area contributed by atoms with Gasteiger partial charge in [0, 0.05) is 0 Å². The molecule has 0 bridgehead atoms. The Morgan fingerprint density at radius 1 is 1.44 bits per heavy atom. The Kier molecular flexibility index (Phi) is 8.87. The molecule has 0 saturated carbocycles. The predicted molar refractivity (Wildman–Crippen MR) is 39.9 cm³/mol. The second kappa shape index (κ2) is 7.86. The summed E-state index contributed by atoms with van der Waals surface area (Å²) in [6.07, 6.45) is -4.47. The maximum absolute atomic E-state index is 11.7. The van der Waals surface area contributed by atoms with Crippen molar-refractivity contribution < 1.29 is 79.2 Å². The fourth-order valence-electron chi connectivity index (χ4n) is 0.514. The van der Waals surface area contributed by atoms with E-state index in [2.05, 4.69) is 4.74 Å². The molecule has 0 spiro atoms. The number of methoxy groups -OCH3 is 1. The molecule has 16 heavy (non-hydrogen) atoms. The molecule has 82 valence electrons. The van der Waals surface area contributed by atoms with Crippen molar-refractivity contribution in [3.8, 4) is 6.07 Å². The number of halogens is 3. The van der Waals surface area contributed by atoms with Crippen molar-refractivity contribution in [1.29, 1.82) is 5.26 Å². The van der Waals surface area contributed by atoms with E-state index in [4.69, 9.17) is 5.26 Å². The number of alkyl halides is 3. The fourth-order valence-corrected chi connectivity index (χ4v) is 0.514. The van der Waals surface area contributed by atoms with Crippen LogP contribution < -0.4 is 56.5 Å². The maximum Gasteiger partial charge on any atom is 1.00 e. The van der Waals surface area contributed by atoms with Crippen molar-refractivity contribution in [2.24, 2.45) is 0 Å². The summed E-state index contributed by atoms with van der Waals surface area (Å²) in [5.41, 5.74) is -0.685. The van der Waals surface area contributed by atoms with Crippen molar-refractivity contribution in [2.45, 2.75) is 6.18 Å². The molecule has 0 aliphatic carbocycles. The molecule has 0 heterocycles. The van der Waals surface area contributed by atoms with Crippen LogP contribution in [0.15, 0.2) is 23.5 Å². The molecule has 0 radical (unpaired) electrons. The number of nitrogens with zero attached hydrogens (tertiary/aromatic N) is 1. The van der Waals surface area contributed by atoms with Crippen molar-refractivity contribution in [3.05, 3.63) is 23.5 Å². The number of esters is 1. The Balaban J connectivity index is 0. The monoisotopic (exact) mass is 259 g/mol. The number of carbonyl (C=O) groups is 1. The van der Waals surface area contributed by atoms with Crippen LogP contribution in [0.1, 0.15) is 0 Å². The van der Waals surface area contributed by atoms with Gasteiger partial charge in [0.1, 0.15) is 11.6 Å². The average Bonchev–Trinajstić information content (AvgIpc) is 2.16. The van der Waals surface area contributed by atoms with Crippen LogP contribution in [0.2, 0.25) is 0 Å². The number of allylic oxidation sites excluding steroid dienone is 3. The largest absolute Gasteiger partial charge is 1.00 e. The summed E-state index contributed by atoms with van der Waals surface area (Å²) in [5, 5.41) is 18.6. The van der Waals surface area contributed by atoms with Gasteiger partial charge in [-0.25, -0.2) is 4.79 Å². The number of nitriles is 1. The van der Waals surface area contributed by atoms with Crippen LogP contribution >= 0.6 is 0 Å². The Bertz CT molecular complexity index is 355. The molecule has 0 fully saturated rings. The predicted octanol–water partition coefficient (Wildman–Crippen LogP) is -2.58. The van der Waals surface area contributed by atoms with E-state index in [0.717, 1.165) is 7.11 Å². The Morgan fingerprint density at radius 3 is 2.25 bits per heavy atom. The van der Waals surface area contributed by atoms with Gasteiger partial charge in [0.2, 0.25) is 0 Å². The minimum Gasteiger partial charge on any atom is -0.869 e. The van der Waals surface area contributed by atoms with Crippen molar-refractivity contribution in [3.63, 3.8) is 0 Å². The second-order valence-corrected chi connectivity index (χ2v) is 2.21. The standard InChI is InChI=1S/C8H6F3NO3.K/c1-15-7(14)5(4-12)2-3-6(13)8(9,10)11;/h2-3,13H,1H3;/q;+1/p-1. The molecule has 0 aromatic rings.